The standard InChI is InChI=1S/C19H17N3O5S/c1-28(25,26)22-9-7-13-10-14(5-6-16(13)22)19(24)27-12-15-11-18(23)21-8-3-2-4-17(21)20-15/h2-6,8,10-11H,7,9,12H2,1H3. The zero-order valence-corrected chi connectivity index (χ0v) is 15.8. The Kier molecular flexibility index (Phi) is 4.38. The van der Waals surface area contributed by atoms with Crippen LogP contribution in [0.3, 0.4) is 0 Å². The number of carbonyl (C=O) groups is 1. The van der Waals surface area contributed by atoms with E-state index in [0.717, 1.165) is 11.8 Å². The van der Waals surface area contributed by atoms with E-state index in [0.29, 0.717) is 35.6 Å². The van der Waals surface area contributed by atoms with E-state index in [9.17, 15) is 18.0 Å². The van der Waals surface area contributed by atoms with Crippen LogP contribution in [-0.4, -0.2) is 36.6 Å². The van der Waals surface area contributed by atoms with Gasteiger partial charge in [-0.15, -0.1) is 0 Å². The molecule has 0 N–H and O–H groups in total. The van der Waals surface area contributed by atoms with Crippen molar-refractivity contribution in [3.05, 3.63) is 75.8 Å². The van der Waals surface area contributed by atoms with Crippen molar-refractivity contribution in [3.63, 3.8) is 0 Å². The summed E-state index contributed by atoms with van der Waals surface area (Å²) in [6.45, 7) is 0.226. The average molecular weight is 399 g/mol. The molecule has 4 rings (SSSR count). The maximum absolute atomic E-state index is 12.4. The highest BCUT2D eigenvalue weighted by Gasteiger charge is 2.27. The molecule has 0 spiro atoms. The fraction of sp³-hybridized carbons (Fsp3) is 0.211. The molecule has 8 nitrogen and oxygen atoms in total. The largest absolute Gasteiger partial charge is 0.456 e. The molecule has 0 aliphatic carbocycles. The molecule has 0 unspecified atom stereocenters. The Morgan fingerprint density at radius 1 is 1.21 bits per heavy atom. The lowest BCUT2D eigenvalue weighted by atomic mass is 10.1. The Hall–Kier alpha value is -3.20. The van der Waals surface area contributed by atoms with E-state index >= 15 is 0 Å². The van der Waals surface area contributed by atoms with Crippen LogP contribution in [0.4, 0.5) is 5.69 Å². The van der Waals surface area contributed by atoms with Crippen molar-refractivity contribution in [1.82, 2.24) is 9.38 Å². The lowest BCUT2D eigenvalue weighted by Gasteiger charge is -2.16. The number of fused-ring (bicyclic) bond motifs is 2. The van der Waals surface area contributed by atoms with E-state index < -0.39 is 16.0 Å². The quantitative estimate of drug-likeness (QED) is 0.615. The number of hydrogen-bond acceptors (Lipinski definition) is 6. The zero-order valence-electron chi connectivity index (χ0n) is 15.0. The van der Waals surface area contributed by atoms with Crippen LogP contribution in [0.25, 0.3) is 5.65 Å². The minimum absolute atomic E-state index is 0.133. The normalized spacial score (nSPS) is 13.5. The maximum Gasteiger partial charge on any atom is 0.338 e. The van der Waals surface area contributed by atoms with Crippen molar-refractivity contribution in [2.75, 3.05) is 17.1 Å². The van der Waals surface area contributed by atoms with Crippen LogP contribution in [0.15, 0.2) is 53.5 Å². The van der Waals surface area contributed by atoms with E-state index in [1.165, 1.54) is 20.8 Å². The Balaban J connectivity index is 1.52. The third-order valence-corrected chi connectivity index (χ3v) is 5.72. The number of pyridine rings is 1. The highest BCUT2D eigenvalue weighted by atomic mass is 32.2. The number of nitrogens with zero attached hydrogens (tertiary/aromatic N) is 3. The van der Waals surface area contributed by atoms with Gasteiger partial charge in [0.15, 0.2) is 0 Å². The average Bonchev–Trinajstić information content (AvgIpc) is 3.10. The third kappa shape index (κ3) is 3.36. The van der Waals surface area contributed by atoms with Crippen molar-refractivity contribution in [2.24, 2.45) is 0 Å². The maximum atomic E-state index is 12.4. The monoisotopic (exact) mass is 399 g/mol. The second kappa shape index (κ2) is 6.75. The van der Waals surface area contributed by atoms with E-state index in [-0.39, 0.29) is 12.2 Å². The molecule has 0 bridgehead atoms. The minimum atomic E-state index is -3.34. The van der Waals surface area contributed by atoms with Gasteiger partial charge in [-0.25, -0.2) is 18.2 Å². The van der Waals surface area contributed by atoms with Gasteiger partial charge in [0.05, 0.1) is 23.2 Å². The van der Waals surface area contributed by atoms with Crippen molar-refractivity contribution in [1.29, 1.82) is 0 Å². The van der Waals surface area contributed by atoms with Gasteiger partial charge in [0.2, 0.25) is 10.0 Å². The molecular weight excluding hydrogens is 382 g/mol. The predicted octanol–water partition coefficient (Wildman–Crippen LogP) is 1.37. The highest BCUT2D eigenvalue weighted by Crippen LogP contribution is 2.30. The Morgan fingerprint density at radius 2 is 2.04 bits per heavy atom. The summed E-state index contributed by atoms with van der Waals surface area (Å²) in [7, 11) is -3.34. The van der Waals surface area contributed by atoms with E-state index in [4.69, 9.17) is 4.74 Å². The van der Waals surface area contributed by atoms with Crippen LogP contribution in [0.2, 0.25) is 0 Å². The molecule has 0 radical (unpaired) electrons. The smallest absolute Gasteiger partial charge is 0.338 e. The Labute approximate surface area is 161 Å². The molecule has 9 heteroatoms. The first-order valence-corrected chi connectivity index (χ1v) is 10.4. The topological polar surface area (TPSA) is 98.0 Å². The summed E-state index contributed by atoms with van der Waals surface area (Å²) in [5.41, 5.74) is 2.26. The summed E-state index contributed by atoms with van der Waals surface area (Å²) in [4.78, 5) is 28.8. The number of benzene rings is 1. The fourth-order valence-corrected chi connectivity index (χ4v) is 4.20. The SMILES string of the molecule is CS(=O)(=O)N1CCc2cc(C(=O)OCc3cc(=O)n4ccccc4n3)ccc21. The predicted molar refractivity (Wildman–Crippen MR) is 103 cm³/mol. The Morgan fingerprint density at radius 3 is 2.82 bits per heavy atom. The van der Waals surface area contributed by atoms with Crippen molar-refractivity contribution < 1.29 is 17.9 Å². The molecule has 0 saturated heterocycles. The first-order chi connectivity index (χ1) is 13.3. The highest BCUT2D eigenvalue weighted by molar-refractivity contribution is 7.92. The third-order valence-electron chi connectivity index (χ3n) is 4.54. The summed E-state index contributed by atoms with van der Waals surface area (Å²) >= 11 is 0. The van der Waals surface area contributed by atoms with E-state index in [2.05, 4.69) is 4.98 Å². The summed E-state index contributed by atoms with van der Waals surface area (Å²) in [6.07, 6.45) is 3.31. The van der Waals surface area contributed by atoms with Gasteiger partial charge in [-0.1, -0.05) is 6.07 Å². The van der Waals surface area contributed by atoms with Crippen LogP contribution < -0.4 is 9.86 Å². The molecule has 1 aliphatic rings. The van der Waals surface area contributed by atoms with Crippen LogP contribution in [0, 0.1) is 0 Å². The van der Waals surface area contributed by atoms with Gasteiger partial charge < -0.3 is 4.74 Å². The molecule has 2 aromatic heterocycles. The minimum Gasteiger partial charge on any atom is -0.456 e. The molecule has 28 heavy (non-hydrogen) atoms. The van der Waals surface area contributed by atoms with Gasteiger partial charge in [-0.05, 0) is 42.3 Å². The molecule has 0 atom stereocenters. The number of carbonyl (C=O) groups excluding carboxylic acids is 1. The molecule has 3 heterocycles. The molecule has 0 saturated carbocycles. The number of hydrogen-bond donors (Lipinski definition) is 0. The van der Waals surface area contributed by atoms with Crippen LogP contribution in [-0.2, 0) is 27.8 Å². The van der Waals surface area contributed by atoms with Crippen molar-refractivity contribution in [2.45, 2.75) is 13.0 Å². The number of aromatic nitrogens is 2. The molecule has 3 aromatic rings. The number of anilines is 1. The van der Waals surface area contributed by atoms with Crippen LogP contribution in [0.1, 0.15) is 21.6 Å². The first-order valence-electron chi connectivity index (χ1n) is 8.58. The second-order valence-electron chi connectivity index (χ2n) is 6.52. The number of rotatable bonds is 4. The van der Waals surface area contributed by atoms with Gasteiger partial charge in [-0.3, -0.25) is 13.5 Å². The number of sulfonamides is 1. The zero-order chi connectivity index (χ0) is 19.9. The lowest BCUT2D eigenvalue weighted by molar-refractivity contribution is 0.0467. The molecule has 144 valence electrons. The van der Waals surface area contributed by atoms with E-state index in [1.807, 2.05) is 0 Å². The Bertz CT molecular complexity index is 1250. The molecular formula is C19H17N3O5S. The van der Waals surface area contributed by atoms with E-state index in [1.54, 1.807) is 36.5 Å². The molecule has 1 aromatic carbocycles. The van der Waals surface area contributed by atoms with Gasteiger partial charge in [0.25, 0.3) is 5.56 Å². The number of esters is 1. The number of ether oxygens (including phenoxy) is 1. The summed E-state index contributed by atoms with van der Waals surface area (Å²) in [5, 5.41) is 0. The first kappa shape index (κ1) is 18.2. The van der Waals surface area contributed by atoms with Gasteiger partial charge in [0.1, 0.15) is 12.3 Å². The summed E-state index contributed by atoms with van der Waals surface area (Å²) < 4.78 is 31.6. The second-order valence-corrected chi connectivity index (χ2v) is 8.43. The molecule has 1 aliphatic heterocycles. The van der Waals surface area contributed by atoms with Crippen molar-refractivity contribution >= 4 is 27.3 Å². The molecule has 0 amide bonds. The van der Waals surface area contributed by atoms with Crippen LogP contribution >= 0.6 is 0 Å². The van der Waals surface area contributed by atoms with Crippen molar-refractivity contribution in [3.8, 4) is 0 Å². The van der Waals surface area contributed by atoms with Gasteiger partial charge >= 0.3 is 5.97 Å². The summed E-state index contributed by atoms with van der Waals surface area (Å²) in [5.74, 6) is -0.560. The van der Waals surface area contributed by atoms with Gasteiger partial charge in [0, 0.05) is 18.8 Å². The van der Waals surface area contributed by atoms with Gasteiger partial charge in [-0.2, -0.15) is 0 Å². The fourth-order valence-electron chi connectivity index (χ4n) is 3.24. The molecule has 0 fully saturated rings. The van der Waals surface area contributed by atoms with Crippen LogP contribution in [0.5, 0.6) is 0 Å². The summed E-state index contributed by atoms with van der Waals surface area (Å²) in [6, 6.07) is 11.3. The lowest BCUT2D eigenvalue weighted by Crippen LogP contribution is -2.27.